The molecule has 1 N–H and O–H groups in total. The number of nitrogens with one attached hydrogen (secondary N) is 1. The molecule has 0 spiro atoms. The summed E-state index contributed by atoms with van der Waals surface area (Å²) in [4.78, 5) is 16.8. The molecule has 0 aliphatic heterocycles. The zero-order valence-corrected chi connectivity index (χ0v) is 13.5. The van der Waals surface area contributed by atoms with Crippen LogP contribution in [0.1, 0.15) is 30.8 Å². The molecule has 0 aliphatic rings. The third kappa shape index (κ3) is 2.75. The van der Waals surface area contributed by atoms with Gasteiger partial charge < -0.3 is 4.57 Å². The summed E-state index contributed by atoms with van der Waals surface area (Å²) in [5.41, 5.74) is 1.81. The van der Waals surface area contributed by atoms with Gasteiger partial charge in [0.25, 0.3) is 12.3 Å². The van der Waals surface area contributed by atoms with Crippen LogP contribution < -0.4 is 5.32 Å². The highest BCUT2D eigenvalue weighted by Crippen LogP contribution is 2.22. The molecule has 0 aliphatic carbocycles. The van der Waals surface area contributed by atoms with Crippen molar-refractivity contribution in [2.24, 2.45) is 7.05 Å². The molecule has 24 heavy (non-hydrogen) atoms. The van der Waals surface area contributed by atoms with Crippen molar-refractivity contribution in [2.45, 2.75) is 26.3 Å². The number of nitrogens with zero attached hydrogens (tertiary/aromatic N) is 4. The van der Waals surface area contributed by atoms with Gasteiger partial charge >= 0.3 is 0 Å². The van der Waals surface area contributed by atoms with Gasteiger partial charge in [-0.15, -0.1) is 0 Å². The number of carbonyl (C=O) groups excluding carboxylic acids is 1. The largest absolute Gasteiger partial charge is 0.313 e. The summed E-state index contributed by atoms with van der Waals surface area (Å²) in [5, 5.41) is 6.54. The SMILES string of the molecule is Cc1cc(C(F)F)nn1C(C)C(=O)Nc1nc2ccccc2n1C. The topological polar surface area (TPSA) is 64.7 Å². The van der Waals surface area contributed by atoms with E-state index in [1.807, 2.05) is 24.3 Å². The van der Waals surface area contributed by atoms with Crippen molar-refractivity contribution < 1.29 is 13.6 Å². The fraction of sp³-hybridized carbons (Fsp3) is 0.312. The van der Waals surface area contributed by atoms with E-state index in [1.165, 1.54) is 10.7 Å². The highest BCUT2D eigenvalue weighted by molar-refractivity contribution is 5.93. The van der Waals surface area contributed by atoms with Gasteiger partial charge in [-0.3, -0.25) is 14.8 Å². The van der Waals surface area contributed by atoms with Crippen molar-refractivity contribution >= 4 is 22.9 Å². The van der Waals surface area contributed by atoms with E-state index in [4.69, 9.17) is 0 Å². The van der Waals surface area contributed by atoms with E-state index in [9.17, 15) is 13.6 Å². The molecular formula is C16H17F2N5O. The van der Waals surface area contributed by atoms with Gasteiger partial charge in [0.1, 0.15) is 11.7 Å². The van der Waals surface area contributed by atoms with Crippen molar-refractivity contribution in [3.8, 4) is 0 Å². The van der Waals surface area contributed by atoms with Crippen LogP contribution in [0.25, 0.3) is 11.0 Å². The number of benzene rings is 1. The van der Waals surface area contributed by atoms with Gasteiger partial charge in [-0.1, -0.05) is 12.1 Å². The van der Waals surface area contributed by atoms with E-state index in [1.54, 1.807) is 25.5 Å². The van der Waals surface area contributed by atoms with Crippen LogP contribution in [0.5, 0.6) is 0 Å². The number of para-hydroxylation sites is 2. The summed E-state index contributed by atoms with van der Waals surface area (Å²) < 4.78 is 28.6. The Bertz CT molecular complexity index is 899. The second-order valence-electron chi connectivity index (χ2n) is 5.60. The minimum atomic E-state index is -2.67. The number of fused-ring (bicyclic) bond motifs is 1. The minimum absolute atomic E-state index is 0.338. The average Bonchev–Trinajstić information content (AvgIpc) is 3.08. The van der Waals surface area contributed by atoms with Gasteiger partial charge in [0.05, 0.1) is 11.0 Å². The monoisotopic (exact) mass is 333 g/mol. The Morgan fingerprint density at radius 1 is 1.29 bits per heavy atom. The lowest BCUT2D eigenvalue weighted by Gasteiger charge is -2.14. The number of rotatable bonds is 4. The summed E-state index contributed by atoms with van der Waals surface area (Å²) in [5.74, 6) is 0.0207. The van der Waals surface area contributed by atoms with Gasteiger partial charge in [0.15, 0.2) is 0 Å². The van der Waals surface area contributed by atoms with Crippen LogP contribution in [-0.2, 0) is 11.8 Å². The lowest BCUT2D eigenvalue weighted by Crippen LogP contribution is -2.26. The van der Waals surface area contributed by atoms with E-state index >= 15 is 0 Å². The van der Waals surface area contributed by atoms with Gasteiger partial charge in [0.2, 0.25) is 5.95 Å². The van der Waals surface area contributed by atoms with E-state index in [0.29, 0.717) is 11.6 Å². The molecule has 3 aromatic rings. The predicted molar refractivity (Wildman–Crippen MR) is 86.0 cm³/mol. The predicted octanol–water partition coefficient (Wildman–Crippen LogP) is 3.22. The smallest absolute Gasteiger partial charge is 0.282 e. The molecule has 0 radical (unpaired) electrons. The summed E-state index contributed by atoms with van der Waals surface area (Å²) in [6, 6.07) is 8.04. The molecule has 1 unspecified atom stereocenters. The fourth-order valence-electron chi connectivity index (χ4n) is 2.59. The molecule has 126 valence electrons. The molecule has 1 aromatic carbocycles. The first-order valence-corrected chi connectivity index (χ1v) is 7.45. The summed E-state index contributed by atoms with van der Waals surface area (Å²) >= 11 is 0. The number of hydrogen-bond donors (Lipinski definition) is 1. The van der Waals surface area contributed by atoms with Crippen molar-refractivity contribution in [2.75, 3.05) is 5.32 Å². The number of carbonyl (C=O) groups is 1. The quantitative estimate of drug-likeness (QED) is 0.797. The van der Waals surface area contributed by atoms with Gasteiger partial charge in [-0.2, -0.15) is 5.10 Å². The lowest BCUT2D eigenvalue weighted by molar-refractivity contribution is -0.119. The van der Waals surface area contributed by atoms with Crippen LogP contribution in [0.15, 0.2) is 30.3 Å². The van der Waals surface area contributed by atoms with Gasteiger partial charge in [-0.05, 0) is 32.0 Å². The third-order valence-corrected chi connectivity index (χ3v) is 3.93. The zero-order valence-electron chi connectivity index (χ0n) is 13.5. The van der Waals surface area contributed by atoms with E-state index in [-0.39, 0.29) is 11.6 Å². The van der Waals surface area contributed by atoms with E-state index in [2.05, 4.69) is 15.4 Å². The molecule has 1 amide bonds. The van der Waals surface area contributed by atoms with Crippen LogP contribution in [0.3, 0.4) is 0 Å². The average molecular weight is 333 g/mol. The normalized spacial score (nSPS) is 12.8. The molecule has 0 saturated heterocycles. The number of alkyl halides is 2. The Labute approximate surface area is 137 Å². The number of aryl methyl sites for hydroxylation is 2. The lowest BCUT2D eigenvalue weighted by atomic mass is 10.3. The number of anilines is 1. The standard InChI is InChI=1S/C16H17F2N5O/c1-9-8-12(14(17)18)21-23(9)10(2)15(24)20-16-19-11-6-4-5-7-13(11)22(16)3/h4-8,10,14H,1-3H3,(H,19,20,24). The van der Waals surface area contributed by atoms with Gasteiger partial charge in [0, 0.05) is 12.7 Å². The number of halogens is 2. The molecular weight excluding hydrogens is 316 g/mol. The Morgan fingerprint density at radius 3 is 2.62 bits per heavy atom. The van der Waals surface area contributed by atoms with Crippen LogP contribution in [0, 0.1) is 6.92 Å². The molecule has 2 heterocycles. The molecule has 3 rings (SSSR count). The first kappa shape index (κ1) is 16.1. The molecule has 8 heteroatoms. The number of amides is 1. The Kier molecular flexibility index (Phi) is 4.04. The summed E-state index contributed by atoms with van der Waals surface area (Å²) in [7, 11) is 1.80. The highest BCUT2D eigenvalue weighted by atomic mass is 19.3. The number of hydrogen-bond acceptors (Lipinski definition) is 3. The zero-order chi connectivity index (χ0) is 17.4. The first-order valence-electron chi connectivity index (χ1n) is 7.45. The maximum absolute atomic E-state index is 12.8. The summed E-state index contributed by atoms with van der Waals surface area (Å²) in [6.45, 7) is 3.24. The Balaban J connectivity index is 1.84. The summed E-state index contributed by atoms with van der Waals surface area (Å²) in [6.07, 6.45) is -2.67. The molecule has 6 nitrogen and oxygen atoms in total. The minimum Gasteiger partial charge on any atom is -0.313 e. The fourth-order valence-corrected chi connectivity index (χ4v) is 2.59. The van der Waals surface area contributed by atoms with Crippen LogP contribution in [-0.4, -0.2) is 25.2 Å². The number of imidazole rings is 1. The molecule has 0 saturated carbocycles. The highest BCUT2D eigenvalue weighted by Gasteiger charge is 2.22. The van der Waals surface area contributed by atoms with Crippen molar-refractivity contribution in [1.29, 1.82) is 0 Å². The molecule has 2 aromatic heterocycles. The second-order valence-corrected chi connectivity index (χ2v) is 5.60. The third-order valence-electron chi connectivity index (χ3n) is 3.93. The van der Waals surface area contributed by atoms with E-state index in [0.717, 1.165) is 11.0 Å². The van der Waals surface area contributed by atoms with Crippen molar-refractivity contribution in [3.05, 3.63) is 41.7 Å². The molecule has 0 bridgehead atoms. The van der Waals surface area contributed by atoms with Crippen LogP contribution in [0.2, 0.25) is 0 Å². The number of aromatic nitrogens is 4. The van der Waals surface area contributed by atoms with Gasteiger partial charge in [-0.25, -0.2) is 13.8 Å². The van der Waals surface area contributed by atoms with Crippen molar-refractivity contribution in [1.82, 2.24) is 19.3 Å². The van der Waals surface area contributed by atoms with E-state index < -0.39 is 12.5 Å². The maximum Gasteiger partial charge on any atom is 0.282 e. The van der Waals surface area contributed by atoms with Crippen molar-refractivity contribution in [3.63, 3.8) is 0 Å². The second kappa shape index (κ2) is 6.03. The Hall–Kier alpha value is -2.77. The van der Waals surface area contributed by atoms with Crippen LogP contribution in [0.4, 0.5) is 14.7 Å². The maximum atomic E-state index is 12.8. The van der Waals surface area contributed by atoms with Crippen LogP contribution >= 0.6 is 0 Å². The Morgan fingerprint density at radius 2 is 2.00 bits per heavy atom. The molecule has 1 atom stereocenters. The first-order chi connectivity index (χ1) is 11.4. The molecule has 0 fully saturated rings.